The number of ether oxygens (including phenoxy) is 1. The van der Waals surface area contributed by atoms with Crippen molar-refractivity contribution in [3.8, 4) is 5.75 Å². The number of carbonyl (C=O) groups excluding carboxylic acids is 3. The average Bonchev–Trinajstić information content (AvgIpc) is 3.42. The van der Waals surface area contributed by atoms with Crippen LogP contribution in [0.3, 0.4) is 0 Å². The largest absolute Gasteiger partial charge is 0.497 e. The predicted molar refractivity (Wildman–Crippen MR) is 151 cm³/mol. The molecular weight excluding hydrogens is 546 g/mol. The van der Waals surface area contributed by atoms with Crippen LogP contribution in [0.2, 0.25) is 0 Å². The Labute approximate surface area is 240 Å². The highest BCUT2D eigenvalue weighted by Crippen LogP contribution is 2.25. The number of urea groups is 1. The van der Waals surface area contributed by atoms with Crippen molar-refractivity contribution in [3.63, 3.8) is 0 Å². The Bertz CT molecular complexity index is 1510. The van der Waals surface area contributed by atoms with Crippen LogP contribution < -0.4 is 15.4 Å². The topological polar surface area (TPSA) is 171 Å². The summed E-state index contributed by atoms with van der Waals surface area (Å²) in [7, 11) is 1.48. The number of carboxylic acid groups (broad SMARTS) is 1. The van der Waals surface area contributed by atoms with E-state index in [4.69, 9.17) is 4.74 Å². The highest BCUT2D eigenvalue weighted by Gasteiger charge is 2.44. The van der Waals surface area contributed by atoms with Gasteiger partial charge in [0, 0.05) is 36.5 Å². The van der Waals surface area contributed by atoms with Crippen molar-refractivity contribution in [2.45, 2.75) is 25.6 Å². The summed E-state index contributed by atoms with van der Waals surface area (Å²) in [5.74, 6) is -2.10. The van der Waals surface area contributed by atoms with E-state index in [9.17, 15) is 34.4 Å². The number of nitrogens with zero attached hydrogens (tertiary/aromatic N) is 3. The van der Waals surface area contributed by atoms with Crippen molar-refractivity contribution in [2.75, 3.05) is 25.5 Å². The van der Waals surface area contributed by atoms with Crippen molar-refractivity contribution < 1.29 is 33.9 Å². The molecule has 1 aliphatic rings. The van der Waals surface area contributed by atoms with Gasteiger partial charge in [0.05, 0.1) is 24.5 Å². The zero-order chi connectivity index (χ0) is 30.4. The molecule has 42 heavy (non-hydrogen) atoms. The molecule has 13 heteroatoms. The van der Waals surface area contributed by atoms with Gasteiger partial charge in [-0.1, -0.05) is 24.3 Å². The van der Waals surface area contributed by atoms with E-state index < -0.39 is 47.4 Å². The highest BCUT2D eigenvalue weighted by atomic mass is 16.6. The molecule has 4 rings (SSSR count). The second-order valence-corrected chi connectivity index (χ2v) is 9.60. The Morgan fingerprint density at radius 3 is 2.36 bits per heavy atom. The third-order valence-corrected chi connectivity index (χ3v) is 6.71. The molecule has 3 aromatic rings. The van der Waals surface area contributed by atoms with Gasteiger partial charge in [-0.05, 0) is 54.4 Å². The molecule has 3 aromatic carbocycles. The van der Waals surface area contributed by atoms with Crippen LogP contribution in [0, 0.1) is 17.0 Å². The van der Waals surface area contributed by atoms with E-state index in [1.807, 2.05) is 13.0 Å². The van der Waals surface area contributed by atoms with Crippen LogP contribution in [0.5, 0.6) is 5.75 Å². The number of anilines is 1. The Hall–Kier alpha value is -5.46. The maximum absolute atomic E-state index is 13.8. The smallest absolute Gasteiger partial charge is 0.323 e. The van der Waals surface area contributed by atoms with E-state index in [-0.39, 0.29) is 29.9 Å². The number of carboxylic acids is 1. The summed E-state index contributed by atoms with van der Waals surface area (Å²) >= 11 is 0. The van der Waals surface area contributed by atoms with Gasteiger partial charge in [0.15, 0.2) is 6.17 Å². The van der Waals surface area contributed by atoms with Gasteiger partial charge in [-0.15, -0.1) is 0 Å². The van der Waals surface area contributed by atoms with Crippen LogP contribution in [-0.2, 0) is 9.59 Å². The van der Waals surface area contributed by atoms with E-state index in [0.717, 1.165) is 5.56 Å². The van der Waals surface area contributed by atoms with Crippen molar-refractivity contribution in [2.24, 2.45) is 0 Å². The fourth-order valence-electron chi connectivity index (χ4n) is 4.68. The lowest BCUT2D eigenvalue weighted by Crippen LogP contribution is -2.55. The van der Waals surface area contributed by atoms with Gasteiger partial charge >= 0.3 is 12.0 Å². The number of rotatable bonds is 9. The molecule has 1 heterocycles. The maximum Gasteiger partial charge on any atom is 0.323 e. The number of methoxy groups -OCH3 is 1. The summed E-state index contributed by atoms with van der Waals surface area (Å²) in [6.45, 7) is 1.89. The summed E-state index contributed by atoms with van der Waals surface area (Å²) in [5, 5.41) is 26.2. The third-order valence-electron chi connectivity index (χ3n) is 6.71. The summed E-state index contributed by atoms with van der Waals surface area (Å²) in [6, 6.07) is 16.7. The highest BCUT2D eigenvalue weighted by molar-refractivity contribution is 6.00. The minimum Gasteiger partial charge on any atom is -0.497 e. The number of aryl methyl sites for hydroxylation is 1. The molecule has 13 nitrogen and oxygen atoms in total. The van der Waals surface area contributed by atoms with E-state index in [1.165, 1.54) is 53.3 Å². The van der Waals surface area contributed by atoms with Crippen LogP contribution in [0.15, 0.2) is 72.8 Å². The number of amides is 4. The molecule has 0 bridgehead atoms. The normalized spacial score (nSPS) is 15.0. The monoisotopic (exact) mass is 575 g/mol. The summed E-state index contributed by atoms with van der Waals surface area (Å²) < 4.78 is 5.15. The van der Waals surface area contributed by atoms with Crippen molar-refractivity contribution >= 4 is 35.2 Å². The number of benzene rings is 3. The quantitative estimate of drug-likeness (QED) is 0.257. The number of nitro benzene ring substituents is 1. The summed E-state index contributed by atoms with van der Waals surface area (Å²) in [4.78, 5) is 65.5. The Kier molecular flexibility index (Phi) is 9.00. The number of hydrogen-bond acceptors (Lipinski definition) is 7. The molecule has 4 amide bonds. The Morgan fingerprint density at radius 1 is 1.02 bits per heavy atom. The number of hydrogen-bond donors (Lipinski definition) is 3. The molecule has 0 radical (unpaired) electrons. The maximum atomic E-state index is 13.8. The molecule has 0 aliphatic carbocycles. The van der Waals surface area contributed by atoms with Gasteiger partial charge < -0.3 is 25.4 Å². The van der Waals surface area contributed by atoms with Gasteiger partial charge in [-0.25, -0.2) is 4.79 Å². The molecule has 218 valence electrons. The third kappa shape index (κ3) is 6.81. The molecule has 0 aromatic heterocycles. The van der Waals surface area contributed by atoms with E-state index in [1.54, 1.807) is 30.3 Å². The second-order valence-electron chi connectivity index (χ2n) is 9.60. The lowest BCUT2D eigenvalue weighted by molar-refractivity contribution is -0.384. The zero-order valence-corrected chi connectivity index (χ0v) is 22.9. The predicted octanol–water partition coefficient (Wildman–Crippen LogP) is 3.56. The first kappa shape index (κ1) is 29.5. The van der Waals surface area contributed by atoms with Gasteiger partial charge in [-0.2, -0.15) is 0 Å². The van der Waals surface area contributed by atoms with Gasteiger partial charge in [0.25, 0.3) is 17.5 Å². The fourth-order valence-corrected chi connectivity index (χ4v) is 4.68. The standard InChI is InChI=1S/C29H29N5O8/c1-18-5-3-7-21(15-18)30-29(39)33-14-13-32(28(38)19-9-11-23(42-2)12-10-19)27(33)26(37)31-24(17-25(35)36)20-6-4-8-22(16-20)34(40)41/h3-12,15-16,24,27H,13-14,17H2,1-2H3,(H,30,39)(H,31,37)(H,35,36). The fraction of sp³-hybridized carbons (Fsp3) is 0.241. The van der Waals surface area contributed by atoms with Crippen molar-refractivity contribution in [3.05, 3.63) is 99.6 Å². The molecule has 2 unspecified atom stereocenters. The van der Waals surface area contributed by atoms with Gasteiger partial charge in [0.1, 0.15) is 5.75 Å². The number of nitrogens with one attached hydrogen (secondary N) is 2. The van der Waals surface area contributed by atoms with E-state index >= 15 is 0 Å². The first-order valence-corrected chi connectivity index (χ1v) is 12.9. The number of aliphatic carboxylic acids is 1. The minimum absolute atomic E-state index is 0.0119. The SMILES string of the molecule is COc1ccc(C(=O)N2CCN(C(=O)Nc3cccc(C)c3)C2C(=O)NC(CC(=O)O)c2cccc([N+](=O)[O-])c2)cc1. The molecule has 2 atom stereocenters. The molecule has 1 aliphatic heterocycles. The average molecular weight is 576 g/mol. The Balaban J connectivity index is 1.66. The van der Waals surface area contributed by atoms with Crippen LogP contribution in [-0.4, -0.2) is 70.0 Å². The number of nitro groups is 1. The first-order chi connectivity index (χ1) is 20.1. The van der Waals surface area contributed by atoms with Crippen molar-refractivity contribution in [1.29, 1.82) is 0 Å². The second kappa shape index (κ2) is 12.8. The molecule has 1 saturated heterocycles. The van der Waals surface area contributed by atoms with Crippen LogP contribution in [0.25, 0.3) is 0 Å². The lowest BCUT2D eigenvalue weighted by Gasteiger charge is -2.31. The first-order valence-electron chi connectivity index (χ1n) is 12.9. The van der Waals surface area contributed by atoms with Crippen LogP contribution in [0.1, 0.15) is 33.9 Å². The molecule has 0 saturated carbocycles. The molecule has 1 fully saturated rings. The number of non-ortho nitro benzene ring substituents is 1. The summed E-state index contributed by atoms with van der Waals surface area (Å²) in [5.41, 5.74) is 1.53. The molecule has 3 N–H and O–H groups in total. The zero-order valence-electron chi connectivity index (χ0n) is 22.9. The van der Waals surface area contributed by atoms with Gasteiger partial charge in [-0.3, -0.25) is 29.4 Å². The van der Waals surface area contributed by atoms with E-state index in [0.29, 0.717) is 11.4 Å². The summed E-state index contributed by atoms with van der Waals surface area (Å²) in [6.07, 6.45) is -2.04. The minimum atomic E-state index is -1.44. The van der Waals surface area contributed by atoms with Crippen LogP contribution in [0.4, 0.5) is 16.2 Å². The van der Waals surface area contributed by atoms with Crippen LogP contribution >= 0.6 is 0 Å². The van der Waals surface area contributed by atoms with E-state index in [2.05, 4.69) is 10.6 Å². The van der Waals surface area contributed by atoms with Gasteiger partial charge in [0.2, 0.25) is 0 Å². The number of carbonyl (C=O) groups is 4. The van der Waals surface area contributed by atoms with Crippen molar-refractivity contribution in [1.82, 2.24) is 15.1 Å². The Morgan fingerprint density at radius 2 is 1.71 bits per heavy atom. The molecule has 0 spiro atoms. The lowest BCUT2D eigenvalue weighted by atomic mass is 10.0. The molecular formula is C29H29N5O8.